The number of anilines is 1. The zero-order valence-electron chi connectivity index (χ0n) is 8.57. The number of nitrogens with one attached hydrogen (secondary N) is 1. The lowest BCUT2D eigenvalue weighted by Gasteiger charge is -2.06. The van der Waals surface area contributed by atoms with Gasteiger partial charge in [-0.15, -0.1) is 11.8 Å². The Morgan fingerprint density at radius 1 is 1.29 bits per heavy atom. The number of carbonyl (C=O) groups excluding carboxylic acids is 1. The molecule has 1 aromatic carbocycles. The van der Waals surface area contributed by atoms with Crippen LogP contribution >= 0.6 is 35.0 Å². The Labute approximate surface area is 112 Å². The van der Waals surface area contributed by atoms with E-state index in [1.807, 2.05) is 0 Å². The van der Waals surface area contributed by atoms with Crippen LogP contribution in [0.25, 0.3) is 0 Å². The molecule has 0 aromatic heterocycles. The summed E-state index contributed by atoms with van der Waals surface area (Å²) in [4.78, 5) is 21.7. The van der Waals surface area contributed by atoms with E-state index in [0.717, 1.165) is 11.8 Å². The Morgan fingerprint density at radius 2 is 2.00 bits per heavy atom. The van der Waals surface area contributed by atoms with Crippen LogP contribution in [0.4, 0.5) is 5.69 Å². The summed E-state index contributed by atoms with van der Waals surface area (Å²) in [5.74, 6) is -1.34. The van der Waals surface area contributed by atoms with Gasteiger partial charge in [0.2, 0.25) is 5.91 Å². The molecule has 0 bridgehead atoms. The Hall–Kier alpha value is -0.910. The Bertz CT molecular complexity index is 440. The molecule has 17 heavy (non-hydrogen) atoms. The second-order valence-electron chi connectivity index (χ2n) is 3.06. The largest absolute Gasteiger partial charge is 0.481 e. The number of carboxylic acid groups (broad SMARTS) is 1. The summed E-state index contributed by atoms with van der Waals surface area (Å²) >= 11 is 12.6. The van der Waals surface area contributed by atoms with E-state index in [-0.39, 0.29) is 17.4 Å². The van der Waals surface area contributed by atoms with Crippen molar-refractivity contribution in [1.82, 2.24) is 0 Å². The summed E-state index contributed by atoms with van der Waals surface area (Å²) in [7, 11) is 0. The van der Waals surface area contributed by atoms with Crippen LogP contribution in [-0.2, 0) is 9.59 Å². The number of benzene rings is 1. The highest BCUT2D eigenvalue weighted by Crippen LogP contribution is 2.25. The maximum absolute atomic E-state index is 11.4. The van der Waals surface area contributed by atoms with Crippen molar-refractivity contribution in [2.45, 2.75) is 0 Å². The topological polar surface area (TPSA) is 66.4 Å². The fourth-order valence-electron chi connectivity index (χ4n) is 1.01. The average Bonchev–Trinajstić information content (AvgIpc) is 2.23. The molecular weight excluding hydrogens is 285 g/mol. The molecule has 1 amide bonds. The number of rotatable bonds is 5. The summed E-state index contributed by atoms with van der Waals surface area (Å²) in [5.41, 5.74) is 0.417. The minimum absolute atomic E-state index is 0.0507. The normalized spacial score (nSPS) is 10.0. The summed E-state index contributed by atoms with van der Waals surface area (Å²) in [6.45, 7) is 0. The van der Waals surface area contributed by atoms with Gasteiger partial charge in [-0.1, -0.05) is 23.2 Å². The van der Waals surface area contributed by atoms with E-state index in [4.69, 9.17) is 28.3 Å². The number of amides is 1. The van der Waals surface area contributed by atoms with E-state index < -0.39 is 5.97 Å². The summed E-state index contributed by atoms with van der Waals surface area (Å²) < 4.78 is 0. The quantitative estimate of drug-likeness (QED) is 0.876. The molecule has 0 aliphatic rings. The highest BCUT2D eigenvalue weighted by molar-refractivity contribution is 8.00. The zero-order chi connectivity index (χ0) is 12.8. The molecule has 0 fully saturated rings. The van der Waals surface area contributed by atoms with Gasteiger partial charge in [-0.2, -0.15) is 0 Å². The van der Waals surface area contributed by atoms with Crippen LogP contribution in [0.5, 0.6) is 0 Å². The van der Waals surface area contributed by atoms with Crippen molar-refractivity contribution in [3.8, 4) is 0 Å². The van der Waals surface area contributed by atoms with Gasteiger partial charge in [-0.05, 0) is 18.2 Å². The third kappa shape index (κ3) is 5.30. The van der Waals surface area contributed by atoms with E-state index in [9.17, 15) is 9.59 Å². The van der Waals surface area contributed by atoms with Gasteiger partial charge in [0.25, 0.3) is 0 Å². The molecule has 4 nitrogen and oxygen atoms in total. The number of aliphatic carboxylic acids is 1. The molecule has 0 heterocycles. The second kappa shape index (κ2) is 6.74. The molecule has 1 rings (SSSR count). The van der Waals surface area contributed by atoms with Crippen molar-refractivity contribution < 1.29 is 14.7 Å². The Balaban J connectivity index is 2.50. The van der Waals surface area contributed by atoms with Gasteiger partial charge in [0.1, 0.15) is 0 Å². The second-order valence-corrected chi connectivity index (χ2v) is 4.89. The summed E-state index contributed by atoms with van der Waals surface area (Å²) in [6, 6.07) is 4.71. The van der Waals surface area contributed by atoms with Crippen LogP contribution in [0.1, 0.15) is 0 Å². The van der Waals surface area contributed by atoms with Crippen molar-refractivity contribution in [3.63, 3.8) is 0 Å². The van der Waals surface area contributed by atoms with Crippen LogP contribution in [0.15, 0.2) is 18.2 Å². The van der Waals surface area contributed by atoms with Crippen LogP contribution in [-0.4, -0.2) is 28.5 Å². The Morgan fingerprint density at radius 3 is 2.65 bits per heavy atom. The highest BCUT2D eigenvalue weighted by Gasteiger charge is 2.07. The lowest BCUT2D eigenvalue weighted by molar-refractivity contribution is -0.133. The fraction of sp³-hybridized carbons (Fsp3) is 0.200. The maximum Gasteiger partial charge on any atom is 0.313 e. The van der Waals surface area contributed by atoms with Crippen molar-refractivity contribution >= 4 is 52.5 Å². The molecule has 0 atom stereocenters. The number of carboxylic acids is 1. The molecular formula is C10H9Cl2NO3S. The van der Waals surface area contributed by atoms with Gasteiger partial charge in [0, 0.05) is 5.02 Å². The summed E-state index contributed by atoms with van der Waals surface area (Å²) in [6.07, 6.45) is 0. The van der Waals surface area contributed by atoms with Crippen molar-refractivity contribution in [2.24, 2.45) is 0 Å². The standard InChI is InChI=1S/C10H9Cl2NO3S/c11-6-1-2-7(12)8(3-6)13-9(14)4-17-5-10(15)16/h1-3H,4-5H2,(H,13,14)(H,15,16). The third-order valence-corrected chi connectivity index (χ3v) is 3.14. The first kappa shape index (κ1) is 14.2. The van der Waals surface area contributed by atoms with Crippen molar-refractivity contribution in [2.75, 3.05) is 16.8 Å². The van der Waals surface area contributed by atoms with Gasteiger partial charge in [0.15, 0.2) is 0 Å². The van der Waals surface area contributed by atoms with E-state index in [2.05, 4.69) is 5.32 Å². The van der Waals surface area contributed by atoms with E-state index >= 15 is 0 Å². The minimum Gasteiger partial charge on any atom is -0.481 e. The zero-order valence-corrected chi connectivity index (χ0v) is 10.9. The Kier molecular flexibility index (Phi) is 5.61. The molecule has 7 heteroatoms. The van der Waals surface area contributed by atoms with E-state index in [1.54, 1.807) is 12.1 Å². The van der Waals surface area contributed by atoms with Crippen molar-refractivity contribution in [1.29, 1.82) is 0 Å². The first-order valence-corrected chi connectivity index (χ1v) is 6.44. The van der Waals surface area contributed by atoms with Crippen LogP contribution in [0, 0.1) is 0 Å². The maximum atomic E-state index is 11.4. The van der Waals surface area contributed by atoms with Crippen molar-refractivity contribution in [3.05, 3.63) is 28.2 Å². The molecule has 92 valence electrons. The van der Waals surface area contributed by atoms with E-state index in [0.29, 0.717) is 15.7 Å². The molecule has 2 N–H and O–H groups in total. The molecule has 0 unspecified atom stereocenters. The number of thioether (sulfide) groups is 1. The highest BCUT2D eigenvalue weighted by atomic mass is 35.5. The monoisotopic (exact) mass is 293 g/mol. The first-order valence-electron chi connectivity index (χ1n) is 4.53. The molecule has 1 aromatic rings. The number of hydrogen-bond acceptors (Lipinski definition) is 3. The SMILES string of the molecule is O=C(O)CSCC(=O)Nc1cc(Cl)ccc1Cl. The molecule has 0 radical (unpaired) electrons. The van der Waals surface area contributed by atoms with Gasteiger partial charge < -0.3 is 10.4 Å². The van der Waals surface area contributed by atoms with E-state index in [1.165, 1.54) is 6.07 Å². The smallest absolute Gasteiger partial charge is 0.313 e. The van der Waals surface area contributed by atoms with Gasteiger partial charge in [0.05, 0.1) is 22.2 Å². The number of carbonyl (C=O) groups is 2. The third-order valence-electron chi connectivity index (χ3n) is 1.66. The lowest BCUT2D eigenvalue weighted by atomic mass is 10.3. The predicted molar refractivity (Wildman–Crippen MR) is 70.1 cm³/mol. The van der Waals surface area contributed by atoms with Crippen LogP contribution in [0.2, 0.25) is 10.0 Å². The summed E-state index contributed by atoms with van der Waals surface area (Å²) in [5, 5.41) is 11.8. The van der Waals surface area contributed by atoms with Gasteiger partial charge in [-0.3, -0.25) is 9.59 Å². The molecule has 0 spiro atoms. The molecule has 0 saturated carbocycles. The lowest BCUT2D eigenvalue weighted by Crippen LogP contribution is -2.15. The predicted octanol–water partition coefficient (Wildman–Crippen LogP) is 2.75. The van der Waals surface area contributed by atoms with Gasteiger partial charge >= 0.3 is 5.97 Å². The number of halogens is 2. The minimum atomic E-state index is -0.955. The van der Waals surface area contributed by atoms with Crippen LogP contribution < -0.4 is 5.32 Å². The first-order chi connectivity index (χ1) is 7.99. The molecule has 0 saturated heterocycles. The fourth-order valence-corrected chi connectivity index (χ4v) is 1.88. The van der Waals surface area contributed by atoms with Gasteiger partial charge in [-0.25, -0.2) is 0 Å². The molecule has 0 aliphatic heterocycles. The average molecular weight is 294 g/mol. The molecule has 0 aliphatic carbocycles. The number of hydrogen-bond donors (Lipinski definition) is 2. The van der Waals surface area contributed by atoms with Crippen LogP contribution in [0.3, 0.4) is 0 Å².